The molecule has 0 N–H and O–H groups in total. The maximum atomic E-state index is 12.8. The summed E-state index contributed by atoms with van der Waals surface area (Å²) >= 11 is 0. The Bertz CT molecular complexity index is 953. The molecule has 152 valence electrons. The molecule has 3 rings (SSSR count). The first-order valence-corrected chi connectivity index (χ1v) is 9.45. The van der Waals surface area contributed by atoms with Crippen LogP contribution in [0.2, 0.25) is 0 Å². The molecule has 1 aromatic heterocycles. The third-order valence-electron chi connectivity index (χ3n) is 4.49. The Morgan fingerprint density at radius 1 is 1.17 bits per heavy atom. The lowest BCUT2D eigenvalue weighted by Crippen LogP contribution is -2.39. The predicted octanol–water partition coefficient (Wildman–Crippen LogP) is 3.87. The molecule has 0 bridgehead atoms. The fourth-order valence-corrected chi connectivity index (χ4v) is 2.81. The summed E-state index contributed by atoms with van der Waals surface area (Å²) in [5, 5.41) is 4.01. The smallest absolute Gasteiger partial charge is 0.263 e. The lowest BCUT2D eigenvalue weighted by atomic mass is 10.1. The highest BCUT2D eigenvalue weighted by molar-refractivity contribution is 5.81. The molecule has 29 heavy (non-hydrogen) atoms. The van der Waals surface area contributed by atoms with Crippen molar-refractivity contribution < 1.29 is 18.8 Å². The highest BCUT2D eigenvalue weighted by atomic mass is 16.5. The third-order valence-corrected chi connectivity index (χ3v) is 4.49. The number of hydrogen-bond acceptors (Lipinski definition) is 6. The monoisotopic (exact) mass is 395 g/mol. The van der Waals surface area contributed by atoms with Crippen molar-refractivity contribution >= 4 is 5.91 Å². The highest BCUT2D eigenvalue weighted by Gasteiger charge is 2.24. The number of likely N-dealkylation sites (N-methyl/N-ethyl adjacent to an activating group) is 1. The van der Waals surface area contributed by atoms with Crippen LogP contribution >= 0.6 is 0 Å². The van der Waals surface area contributed by atoms with Crippen LogP contribution in [-0.4, -0.2) is 41.2 Å². The van der Waals surface area contributed by atoms with E-state index in [2.05, 4.69) is 10.1 Å². The first kappa shape index (κ1) is 20.4. The maximum Gasteiger partial charge on any atom is 0.263 e. The number of benzene rings is 2. The van der Waals surface area contributed by atoms with Crippen LogP contribution in [0.1, 0.15) is 24.8 Å². The number of ether oxygens (including phenoxy) is 2. The fraction of sp³-hybridized carbons (Fsp3) is 0.318. The van der Waals surface area contributed by atoms with Gasteiger partial charge in [-0.25, -0.2) is 0 Å². The topological polar surface area (TPSA) is 77.7 Å². The summed E-state index contributed by atoms with van der Waals surface area (Å²) in [5.74, 6) is 1.96. The summed E-state index contributed by atoms with van der Waals surface area (Å²) in [6, 6.07) is 15.0. The van der Waals surface area contributed by atoms with Gasteiger partial charge in [0.15, 0.2) is 6.10 Å². The van der Waals surface area contributed by atoms with Crippen LogP contribution in [0, 0.1) is 6.92 Å². The average Bonchev–Trinajstić information content (AvgIpc) is 3.20. The van der Waals surface area contributed by atoms with E-state index in [0.29, 0.717) is 29.6 Å². The van der Waals surface area contributed by atoms with Gasteiger partial charge in [-0.05, 0) is 25.5 Å². The predicted molar refractivity (Wildman–Crippen MR) is 109 cm³/mol. The zero-order valence-electron chi connectivity index (χ0n) is 17.1. The second-order valence-electron chi connectivity index (χ2n) is 6.77. The van der Waals surface area contributed by atoms with E-state index in [1.54, 1.807) is 26.3 Å². The molecule has 2 aromatic carbocycles. The van der Waals surface area contributed by atoms with E-state index in [0.717, 1.165) is 11.1 Å². The van der Waals surface area contributed by atoms with Crippen LogP contribution < -0.4 is 9.47 Å². The van der Waals surface area contributed by atoms with Crippen molar-refractivity contribution in [1.82, 2.24) is 15.0 Å². The molecule has 1 atom stereocenters. The van der Waals surface area contributed by atoms with Gasteiger partial charge in [-0.15, -0.1) is 0 Å². The molecule has 7 heteroatoms. The minimum atomic E-state index is -0.619. The summed E-state index contributed by atoms with van der Waals surface area (Å²) in [6.45, 7) is 4.12. The Labute approximate surface area is 170 Å². The summed E-state index contributed by atoms with van der Waals surface area (Å²) in [7, 11) is 3.28. The van der Waals surface area contributed by atoms with Crippen molar-refractivity contribution in [3.05, 3.63) is 60.0 Å². The van der Waals surface area contributed by atoms with E-state index < -0.39 is 6.10 Å². The molecule has 0 aliphatic carbocycles. The average molecular weight is 395 g/mol. The van der Waals surface area contributed by atoms with Gasteiger partial charge in [-0.1, -0.05) is 48.0 Å². The van der Waals surface area contributed by atoms with Gasteiger partial charge in [0.1, 0.15) is 11.5 Å². The lowest BCUT2D eigenvalue weighted by molar-refractivity contribution is -0.138. The molecule has 3 aromatic rings. The number of carbonyl (C=O) groups is 1. The molecular formula is C22H25N3O4. The van der Waals surface area contributed by atoms with E-state index >= 15 is 0 Å². The number of nitrogens with zero attached hydrogens (tertiary/aromatic N) is 3. The van der Waals surface area contributed by atoms with Gasteiger partial charge in [-0.2, -0.15) is 4.98 Å². The number of aryl methyl sites for hydroxylation is 1. The van der Waals surface area contributed by atoms with Crippen LogP contribution in [0.5, 0.6) is 11.5 Å². The molecule has 0 radical (unpaired) electrons. The van der Waals surface area contributed by atoms with Crippen molar-refractivity contribution in [2.45, 2.75) is 32.9 Å². The van der Waals surface area contributed by atoms with Crippen LogP contribution in [-0.2, 0) is 11.3 Å². The molecule has 0 saturated carbocycles. The molecule has 0 aliphatic heterocycles. The van der Waals surface area contributed by atoms with Gasteiger partial charge in [0.25, 0.3) is 5.91 Å². The molecule has 1 heterocycles. The number of carbonyl (C=O) groups excluding carboxylic acids is 1. The second kappa shape index (κ2) is 9.23. The van der Waals surface area contributed by atoms with Crippen LogP contribution in [0.3, 0.4) is 0 Å². The Hall–Kier alpha value is -3.35. The van der Waals surface area contributed by atoms with E-state index in [-0.39, 0.29) is 12.5 Å². The summed E-state index contributed by atoms with van der Waals surface area (Å²) < 4.78 is 16.4. The van der Waals surface area contributed by atoms with E-state index in [1.165, 1.54) is 4.90 Å². The van der Waals surface area contributed by atoms with E-state index in [4.69, 9.17) is 14.0 Å². The van der Waals surface area contributed by atoms with Crippen molar-refractivity contribution in [3.63, 3.8) is 0 Å². The maximum absolute atomic E-state index is 12.8. The second-order valence-corrected chi connectivity index (χ2v) is 6.77. The third kappa shape index (κ3) is 5.13. The van der Waals surface area contributed by atoms with E-state index in [9.17, 15) is 4.79 Å². The number of rotatable bonds is 8. The highest BCUT2D eigenvalue weighted by Crippen LogP contribution is 2.22. The van der Waals surface area contributed by atoms with E-state index in [1.807, 2.05) is 50.2 Å². The Balaban J connectivity index is 1.65. The Morgan fingerprint density at radius 2 is 1.90 bits per heavy atom. The largest absolute Gasteiger partial charge is 0.497 e. The molecule has 0 saturated heterocycles. The molecule has 0 spiro atoms. The molecule has 7 nitrogen and oxygen atoms in total. The van der Waals surface area contributed by atoms with Crippen LogP contribution in [0.15, 0.2) is 53.1 Å². The summed E-state index contributed by atoms with van der Waals surface area (Å²) in [5.41, 5.74) is 2.02. The standard InChI is InChI=1S/C22H25N3O4/c1-5-19(28-18-8-6-7-17(13-18)27-4)22(26)25(3)14-20-23-21(24-29-20)16-11-9-15(2)10-12-16/h6-13,19H,5,14H2,1-4H3/t19-/m0/s1. The summed E-state index contributed by atoms with van der Waals surface area (Å²) in [4.78, 5) is 18.8. The summed E-state index contributed by atoms with van der Waals surface area (Å²) in [6.07, 6.45) is -0.0923. The van der Waals surface area contributed by atoms with Crippen molar-refractivity contribution in [1.29, 1.82) is 0 Å². The molecule has 0 aliphatic rings. The zero-order valence-corrected chi connectivity index (χ0v) is 17.1. The van der Waals surface area contributed by atoms with Gasteiger partial charge in [0.2, 0.25) is 11.7 Å². The SMILES string of the molecule is CC[C@H](Oc1cccc(OC)c1)C(=O)N(C)Cc1nc(-c2ccc(C)cc2)no1. The molecular weight excluding hydrogens is 370 g/mol. The van der Waals surface area contributed by atoms with Crippen molar-refractivity contribution in [3.8, 4) is 22.9 Å². The van der Waals surface area contributed by atoms with Gasteiger partial charge in [0.05, 0.1) is 13.7 Å². The number of methoxy groups -OCH3 is 1. The van der Waals surface area contributed by atoms with Crippen molar-refractivity contribution in [2.24, 2.45) is 0 Å². The minimum absolute atomic E-state index is 0.162. The molecule has 0 unspecified atom stereocenters. The van der Waals surface area contributed by atoms with Gasteiger partial charge < -0.3 is 18.9 Å². The molecule has 0 fully saturated rings. The normalized spacial score (nSPS) is 11.7. The fourth-order valence-electron chi connectivity index (χ4n) is 2.81. The van der Waals surface area contributed by atoms with Crippen LogP contribution in [0.25, 0.3) is 11.4 Å². The number of hydrogen-bond donors (Lipinski definition) is 0. The van der Waals surface area contributed by atoms with Gasteiger partial charge in [0, 0.05) is 18.7 Å². The number of aromatic nitrogens is 2. The van der Waals surface area contributed by atoms with Gasteiger partial charge in [-0.3, -0.25) is 4.79 Å². The quantitative estimate of drug-likeness (QED) is 0.576. The first-order valence-electron chi connectivity index (χ1n) is 9.45. The van der Waals surface area contributed by atoms with Crippen LogP contribution in [0.4, 0.5) is 0 Å². The first-order chi connectivity index (χ1) is 14.0. The molecule has 1 amide bonds. The van der Waals surface area contributed by atoms with Gasteiger partial charge >= 0.3 is 0 Å². The lowest BCUT2D eigenvalue weighted by Gasteiger charge is -2.22. The number of amides is 1. The minimum Gasteiger partial charge on any atom is -0.497 e. The van der Waals surface area contributed by atoms with Crippen molar-refractivity contribution in [2.75, 3.05) is 14.2 Å². The zero-order chi connectivity index (χ0) is 20.8. The Morgan fingerprint density at radius 3 is 2.59 bits per heavy atom. The Kier molecular flexibility index (Phi) is 6.49.